The van der Waals surface area contributed by atoms with Crippen molar-refractivity contribution in [1.82, 2.24) is 19.8 Å². The molecule has 1 aliphatic carbocycles. The Balaban J connectivity index is 1.43. The maximum Gasteiger partial charge on any atom is 0.111 e. The third-order valence-electron chi connectivity index (χ3n) is 6.75. The fraction of sp³-hybridized carbons (Fsp3) is 0.640. The number of nitrogens with one attached hydrogen (secondary N) is 1. The summed E-state index contributed by atoms with van der Waals surface area (Å²) in [5.74, 6) is 1.25. The lowest BCUT2D eigenvalue weighted by Gasteiger charge is -2.36. The van der Waals surface area contributed by atoms with Crippen LogP contribution in [0.15, 0.2) is 35.9 Å². The molecule has 0 spiro atoms. The van der Waals surface area contributed by atoms with Crippen LogP contribution >= 0.6 is 0 Å². The Bertz CT molecular complexity index is 840. The first-order valence-electron chi connectivity index (χ1n) is 11.6. The SMILES string of the molecule is CCNCCc1nc2ccccc2n1C1CCN(CC2=CCCC(C)(C)C2)CC1. The highest BCUT2D eigenvalue weighted by Gasteiger charge is 2.27. The van der Waals surface area contributed by atoms with E-state index in [1.807, 2.05) is 0 Å². The number of benzene rings is 1. The average Bonchev–Trinajstić information content (AvgIpc) is 3.06. The van der Waals surface area contributed by atoms with Crippen LogP contribution in [0, 0.1) is 5.41 Å². The Morgan fingerprint density at radius 3 is 2.72 bits per heavy atom. The Hall–Kier alpha value is -1.65. The first-order valence-corrected chi connectivity index (χ1v) is 11.6. The number of hydrogen-bond donors (Lipinski definition) is 1. The van der Waals surface area contributed by atoms with Crippen LogP contribution in [0.25, 0.3) is 11.0 Å². The van der Waals surface area contributed by atoms with Gasteiger partial charge >= 0.3 is 0 Å². The molecule has 1 aromatic heterocycles. The number of nitrogens with zero attached hydrogens (tertiary/aromatic N) is 3. The predicted octanol–water partition coefficient (Wildman–Crippen LogP) is 4.96. The summed E-state index contributed by atoms with van der Waals surface area (Å²) in [6.07, 6.45) is 9.84. The van der Waals surface area contributed by atoms with Gasteiger partial charge in [0.2, 0.25) is 0 Å². The fourth-order valence-corrected chi connectivity index (χ4v) is 5.24. The van der Waals surface area contributed by atoms with Crippen molar-refractivity contribution in [3.63, 3.8) is 0 Å². The molecule has 0 amide bonds. The van der Waals surface area contributed by atoms with Crippen molar-refractivity contribution in [3.8, 4) is 0 Å². The zero-order valence-electron chi connectivity index (χ0n) is 18.6. The summed E-state index contributed by atoms with van der Waals surface area (Å²) in [7, 11) is 0. The molecule has 1 fully saturated rings. The van der Waals surface area contributed by atoms with Crippen LogP contribution in [0.3, 0.4) is 0 Å². The highest BCUT2D eigenvalue weighted by atomic mass is 15.2. The number of aromatic nitrogens is 2. The first-order chi connectivity index (χ1) is 14.1. The lowest BCUT2D eigenvalue weighted by atomic mass is 9.77. The van der Waals surface area contributed by atoms with Crippen molar-refractivity contribution in [3.05, 3.63) is 41.7 Å². The second-order valence-electron chi connectivity index (χ2n) is 9.74. The number of allylic oxidation sites excluding steroid dienone is 1. The third-order valence-corrected chi connectivity index (χ3v) is 6.75. The minimum atomic E-state index is 0.486. The number of piperidine rings is 1. The number of fused-ring (bicyclic) bond motifs is 1. The molecule has 4 nitrogen and oxygen atoms in total. The van der Waals surface area contributed by atoms with Gasteiger partial charge in [-0.05, 0) is 56.2 Å². The van der Waals surface area contributed by atoms with E-state index >= 15 is 0 Å². The highest BCUT2D eigenvalue weighted by molar-refractivity contribution is 5.76. The summed E-state index contributed by atoms with van der Waals surface area (Å²) in [6, 6.07) is 9.25. The van der Waals surface area contributed by atoms with E-state index in [4.69, 9.17) is 4.98 Å². The minimum absolute atomic E-state index is 0.486. The van der Waals surface area contributed by atoms with Gasteiger partial charge in [0, 0.05) is 38.6 Å². The van der Waals surface area contributed by atoms with E-state index in [1.54, 1.807) is 5.57 Å². The number of imidazole rings is 1. The maximum absolute atomic E-state index is 4.99. The normalized spacial score (nSPS) is 20.9. The Kier molecular flexibility index (Phi) is 6.41. The van der Waals surface area contributed by atoms with Gasteiger partial charge in [-0.2, -0.15) is 0 Å². The monoisotopic (exact) mass is 394 g/mol. The van der Waals surface area contributed by atoms with Crippen LogP contribution in [-0.4, -0.2) is 47.2 Å². The van der Waals surface area contributed by atoms with Crippen molar-refractivity contribution >= 4 is 11.0 Å². The molecule has 1 N–H and O–H groups in total. The number of likely N-dealkylation sites (tertiary alicyclic amines) is 1. The minimum Gasteiger partial charge on any atom is -0.325 e. The van der Waals surface area contributed by atoms with E-state index in [0.29, 0.717) is 11.5 Å². The molecule has 2 aromatic rings. The Labute approximate surface area is 176 Å². The molecule has 4 heteroatoms. The zero-order valence-corrected chi connectivity index (χ0v) is 18.6. The van der Waals surface area contributed by atoms with Crippen molar-refractivity contribution < 1.29 is 0 Å². The largest absolute Gasteiger partial charge is 0.325 e. The molecule has 0 atom stereocenters. The van der Waals surface area contributed by atoms with E-state index in [9.17, 15) is 0 Å². The molecular formula is C25H38N4. The summed E-state index contributed by atoms with van der Waals surface area (Å²) in [4.78, 5) is 7.67. The quantitative estimate of drug-likeness (QED) is 0.532. The topological polar surface area (TPSA) is 33.1 Å². The summed E-state index contributed by atoms with van der Waals surface area (Å²) in [6.45, 7) is 12.6. The number of para-hydroxylation sites is 2. The average molecular weight is 395 g/mol. The summed E-state index contributed by atoms with van der Waals surface area (Å²) >= 11 is 0. The Morgan fingerprint density at radius 2 is 1.97 bits per heavy atom. The van der Waals surface area contributed by atoms with Crippen LogP contribution in [0.2, 0.25) is 0 Å². The molecule has 2 aliphatic rings. The van der Waals surface area contributed by atoms with E-state index in [2.05, 4.69) is 65.9 Å². The second-order valence-corrected chi connectivity index (χ2v) is 9.74. The molecular weight excluding hydrogens is 356 g/mol. The van der Waals surface area contributed by atoms with Crippen molar-refractivity contribution in [2.45, 2.75) is 65.3 Å². The van der Waals surface area contributed by atoms with Gasteiger partial charge in [-0.1, -0.05) is 44.6 Å². The van der Waals surface area contributed by atoms with E-state index in [-0.39, 0.29) is 0 Å². The maximum atomic E-state index is 4.99. The lowest BCUT2D eigenvalue weighted by Crippen LogP contribution is -2.37. The number of likely N-dealkylation sites (N-methyl/N-ethyl adjacent to an activating group) is 1. The van der Waals surface area contributed by atoms with Gasteiger partial charge in [0.1, 0.15) is 5.82 Å². The molecule has 29 heavy (non-hydrogen) atoms. The summed E-state index contributed by atoms with van der Waals surface area (Å²) in [5, 5.41) is 3.46. The molecule has 1 saturated heterocycles. The molecule has 0 unspecified atom stereocenters. The van der Waals surface area contributed by atoms with Gasteiger partial charge in [-0.15, -0.1) is 0 Å². The third kappa shape index (κ3) is 4.92. The van der Waals surface area contributed by atoms with E-state index in [1.165, 1.54) is 63.1 Å². The van der Waals surface area contributed by atoms with Crippen LogP contribution in [0.4, 0.5) is 0 Å². The molecule has 158 valence electrons. The van der Waals surface area contributed by atoms with Crippen LogP contribution in [0.1, 0.15) is 64.7 Å². The summed E-state index contributed by atoms with van der Waals surface area (Å²) < 4.78 is 2.56. The fourth-order valence-electron chi connectivity index (χ4n) is 5.24. The molecule has 1 aromatic carbocycles. The van der Waals surface area contributed by atoms with Crippen LogP contribution in [-0.2, 0) is 6.42 Å². The molecule has 2 heterocycles. The van der Waals surface area contributed by atoms with Gasteiger partial charge in [-0.25, -0.2) is 4.98 Å². The summed E-state index contributed by atoms with van der Waals surface area (Å²) in [5.41, 5.74) is 4.61. The standard InChI is InChI=1S/C25H38N4/c1-4-26-15-11-24-27-22-9-5-6-10-23(22)29(24)21-12-16-28(17-13-21)19-20-8-7-14-25(2,3)18-20/h5-6,8-10,21,26H,4,7,11-19H2,1-3H3. The smallest absolute Gasteiger partial charge is 0.111 e. The lowest BCUT2D eigenvalue weighted by molar-refractivity contribution is 0.191. The predicted molar refractivity (Wildman–Crippen MR) is 122 cm³/mol. The molecule has 0 radical (unpaired) electrons. The molecule has 4 rings (SSSR count). The molecule has 0 bridgehead atoms. The van der Waals surface area contributed by atoms with Crippen molar-refractivity contribution in [1.29, 1.82) is 0 Å². The number of rotatable bonds is 7. The van der Waals surface area contributed by atoms with E-state index < -0.39 is 0 Å². The highest BCUT2D eigenvalue weighted by Crippen LogP contribution is 2.36. The van der Waals surface area contributed by atoms with Crippen LogP contribution in [0.5, 0.6) is 0 Å². The van der Waals surface area contributed by atoms with E-state index in [0.717, 1.165) is 25.0 Å². The van der Waals surface area contributed by atoms with Gasteiger partial charge in [-0.3, -0.25) is 4.90 Å². The van der Waals surface area contributed by atoms with Gasteiger partial charge in [0.05, 0.1) is 11.0 Å². The first kappa shape index (κ1) is 20.6. The van der Waals surface area contributed by atoms with Crippen molar-refractivity contribution in [2.75, 3.05) is 32.7 Å². The van der Waals surface area contributed by atoms with Crippen molar-refractivity contribution in [2.24, 2.45) is 5.41 Å². The molecule has 0 saturated carbocycles. The Morgan fingerprint density at radius 1 is 1.17 bits per heavy atom. The van der Waals surface area contributed by atoms with Gasteiger partial charge in [0.15, 0.2) is 0 Å². The van der Waals surface area contributed by atoms with Gasteiger partial charge in [0.25, 0.3) is 0 Å². The zero-order chi connectivity index (χ0) is 20.3. The number of hydrogen-bond acceptors (Lipinski definition) is 3. The second kappa shape index (κ2) is 9.01. The van der Waals surface area contributed by atoms with Crippen LogP contribution < -0.4 is 5.32 Å². The van der Waals surface area contributed by atoms with Gasteiger partial charge < -0.3 is 9.88 Å². The molecule has 1 aliphatic heterocycles.